The Labute approximate surface area is 93.4 Å². The van der Waals surface area contributed by atoms with Gasteiger partial charge in [-0.3, -0.25) is 0 Å². The predicted octanol–water partition coefficient (Wildman–Crippen LogP) is 3.30. The fourth-order valence-electron chi connectivity index (χ4n) is 2.11. The van der Waals surface area contributed by atoms with Crippen molar-refractivity contribution in [3.63, 3.8) is 0 Å². The van der Waals surface area contributed by atoms with Crippen LogP contribution in [0.2, 0.25) is 0 Å². The molecule has 1 aliphatic carbocycles. The first-order valence-electron chi connectivity index (χ1n) is 5.98. The van der Waals surface area contributed by atoms with Gasteiger partial charge in [0.25, 0.3) is 0 Å². The standard InChI is InChI=1S/C12H25NS/c1-10-5-4-6-12(8-7-10)13-9-11(2)14-3/h10-13H,4-9H2,1-3H3. The third kappa shape index (κ3) is 4.70. The highest BCUT2D eigenvalue weighted by Gasteiger charge is 2.15. The summed E-state index contributed by atoms with van der Waals surface area (Å²) in [6.45, 7) is 5.88. The van der Waals surface area contributed by atoms with Crippen LogP contribution in [0.3, 0.4) is 0 Å². The molecule has 0 radical (unpaired) electrons. The Morgan fingerprint density at radius 2 is 2.07 bits per heavy atom. The quantitative estimate of drug-likeness (QED) is 0.722. The lowest BCUT2D eigenvalue weighted by molar-refractivity contribution is 0.450. The summed E-state index contributed by atoms with van der Waals surface area (Å²) in [5.41, 5.74) is 0. The van der Waals surface area contributed by atoms with Crippen molar-refractivity contribution in [3.8, 4) is 0 Å². The average molecular weight is 215 g/mol. The van der Waals surface area contributed by atoms with Crippen molar-refractivity contribution in [1.29, 1.82) is 0 Å². The Kier molecular flexibility index (Phi) is 5.95. The van der Waals surface area contributed by atoms with E-state index in [-0.39, 0.29) is 0 Å². The minimum Gasteiger partial charge on any atom is -0.313 e. The molecule has 1 fully saturated rings. The van der Waals surface area contributed by atoms with Gasteiger partial charge in [-0.1, -0.05) is 26.7 Å². The van der Waals surface area contributed by atoms with Crippen molar-refractivity contribution >= 4 is 11.8 Å². The molecule has 3 atom stereocenters. The highest BCUT2D eigenvalue weighted by molar-refractivity contribution is 7.99. The molecule has 1 saturated carbocycles. The van der Waals surface area contributed by atoms with Crippen LogP contribution >= 0.6 is 11.8 Å². The first-order chi connectivity index (χ1) is 6.72. The summed E-state index contributed by atoms with van der Waals surface area (Å²) in [7, 11) is 0. The molecule has 1 aliphatic rings. The lowest BCUT2D eigenvalue weighted by Gasteiger charge is -2.18. The van der Waals surface area contributed by atoms with Gasteiger partial charge in [0.05, 0.1) is 0 Å². The van der Waals surface area contributed by atoms with Gasteiger partial charge >= 0.3 is 0 Å². The normalized spacial score (nSPS) is 31.1. The van der Waals surface area contributed by atoms with Crippen LogP contribution in [0.15, 0.2) is 0 Å². The average Bonchev–Trinajstić information content (AvgIpc) is 2.39. The zero-order chi connectivity index (χ0) is 10.4. The Balaban J connectivity index is 2.17. The van der Waals surface area contributed by atoms with Crippen molar-refractivity contribution in [3.05, 3.63) is 0 Å². The highest BCUT2D eigenvalue weighted by Crippen LogP contribution is 2.22. The maximum absolute atomic E-state index is 3.71. The summed E-state index contributed by atoms with van der Waals surface area (Å²) in [4.78, 5) is 0. The fraction of sp³-hybridized carbons (Fsp3) is 1.00. The van der Waals surface area contributed by atoms with Crippen LogP contribution in [-0.4, -0.2) is 24.1 Å². The summed E-state index contributed by atoms with van der Waals surface area (Å²) in [6, 6.07) is 0.801. The predicted molar refractivity (Wildman–Crippen MR) is 67.0 cm³/mol. The van der Waals surface area contributed by atoms with E-state index in [1.165, 1.54) is 38.6 Å². The van der Waals surface area contributed by atoms with E-state index in [0.29, 0.717) is 0 Å². The molecule has 0 aliphatic heterocycles. The fourth-order valence-corrected chi connectivity index (χ4v) is 2.37. The van der Waals surface area contributed by atoms with Gasteiger partial charge in [0.1, 0.15) is 0 Å². The molecular weight excluding hydrogens is 190 g/mol. The van der Waals surface area contributed by atoms with Gasteiger partial charge in [-0.2, -0.15) is 11.8 Å². The molecule has 0 amide bonds. The monoisotopic (exact) mass is 215 g/mol. The van der Waals surface area contributed by atoms with E-state index in [2.05, 4.69) is 25.4 Å². The number of rotatable bonds is 4. The second kappa shape index (κ2) is 6.73. The minimum atomic E-state index is 0.760. The first kappa shape index (κ1) is 12.4. The first-order valence-corrected chi connectivity index (χ1v) is 7.27. The molecule has 0 aromatic heterocycles. The van der Waals surface area contributed by atoms with E-state index in [0.717, 1.165) is 17.2 Å². The molecule has 0 spiro atoms. The van der Waals surface area contributed by atoms with E-state index in [1.54, 1.807) is 0 Å². The Morgan fingerprint density at radius 1 is 1.29 bits per heavy atom. The molecule has 0 aromatic carbocycles. The maximum Gasteiger partial charge on any atom is 0.0141 e. The Hall–Kier alpha value is 0.310. The summed E-state index contributed by atoms with van der Waals surface area (Å²) in [6.07, 6.45) is 9.27. The molecular formula is C12H25NS. The van der Waals surface area contributed by atoms with E-state index >= 15 is 0 Å². The maximum atomic E-state index is 3.71. The van der Waals surface area contributed by atoms with Crippen molar-refractivity contribution in [1.82, 2.24) is 5.32 Å². The van der Waals surface area contributed by atoms with Gasteiger partial charge in [-0.25, -0.2) is 0 Å². The van der Waals surface area contributed by atoms with Gasteiger partial charge in [-0.15, -0.1) is 0 Å². The lowest BCUT2D eigenvalue weighted by atomic mass is 10.0. The minimum absolute atomic E-state index is 0.760. The molecule has 0 heterocycles. The molecule has 2 heteroatoms. The van der Waals surface area contributed by atoms with Crippen LogP contribution < -0.4 is 5.32 Å². The molecule has 0 saturated heterocycles. The van der Waals surface area contributed by atoms with Gasteiger partial charge in [0.2, 0.25) is 0 Å². The summed E-state index contributed by atoms with van der Waals surface area (Å²) in [5, 5.41) is 4.47. The number of nitrogens with one attached hydrogen (secondary N) is 1. The Morgan fingerprint density at radius 3 is 2.79 bits per heavy atom. The van der Waals surface area contributed by atoms with Crippen LogP contribution in [-0.2, 0) is 0 Å². The summed E-state index contributed by atoms with van der Waals surface area (Å²) < 4.78 is 0. The zero-order valence-corrected chi connectivity index (χ0v) is 10.7. The van der Waals surface area contributed by atoms with Crippen LogP contribution in [0.4, 0.5) is 0 Å². The van der Waals surface area contributed by atoms with E-state index in [9.17, 15) is 0 Å². The van der Waals surface area contributed by atoms with Crippen LogP contribution in [0, 0.1) is 5.92 Å². The SMILES string of the molecule is CSC(C)CNC1CCCC(C)CC1. The molecule has 14 heavy (non-hydrogen) atoms. The van der Waals surface area contributed by atoms with Crippen molar-refractivity contribution in [2.75, 3.05) is 12.8 Å². The lowest BCUT2D eigenvalue weighted by Crippen LogP contribution is -2.33. The van der Waals surface area contributed by atoms with Gasteiger partial charge in [0.15, 0.2) is 0 Å². The molecule has 0 bridgehead atoms. The van der Waals surface area contributed by atoms with Gasteiger partial charge in [-0.05, 0) is 31.4 Å². The summed E-state index contributed by atoms with van der Waals surface area (Å²) in [5.74, 6) is 0.958. The van der Waals surface area contributed by atoms with Gasteiger partial charge in [0, 0.05) is 17.8 Å². The van der Waals surface area contributed by atoms with Crippen LogP contribution in [0.1, 0.15) is 46.0 Å². The van der Waals surface area contributed by atoms with Crippen molar-refractivity contribution in [2.24, 2.45) is 5.92 Å². The number of thioether (sulfide) groups is 1. The topological polar surface area (TPSA) is 12.0 Å². The second-order valence-electron chi connectivity index (χ2n) is 4.76. The molecule has 0 aromatic rings. The molecule has 1 nitrogen and oxygen atoms in total. The highest BCUT2D eigenvalue weighted by atomic mass is 32.2. The largest absolute Gasteiger partial charge is 0.313 e. The number of hydrogen-bond donors (Lipinski definition) is 1. The van der Waals surface area contributed by atoms with Crippen molar-refractivity contribution in [2.45, 2.75) is 57.2 Å². The molecule has 1 rings (SSSR count). The van der Waals surface area contributed by atoms with Crippen LogP contribution in [0.25, 0.3) is 0 Å². The molecule has 84 valence electrons. The van der Waals surface area contributed by atoms with E-state index < -0.39 is 0 Å². The smallest absolute Gasteiger partial charge is 0.0141 e. The molecule has 3 unspecified atom stereocenters. The van der Waals surface area contributed by atoms with E-state index in [1.807, 2.05) is 11.8 Å². The van der Waals surface area contributed by atoms with Crippen LogP contribution in [0.5, 0.6) is 0 Å². The van der Waals surface area contributed by atoms with E-state index in [4.69, 9.17) is 0 Å². The third-order valence-electron chi connectivity index (χ3n) is 3.35. The number of hydrogen-bond acceptors (Lipinski definition) is 2. The summed E-state index contributed by atoms with van der Waals surface area (Å²) >= 11 is 1.96. The van der Waals surface area contributed by atoms with Gasteiger partial charge < -0.3 is 5.32 Å². The van der Waals surface area contributed by atoms with Crippen molar-refractivity contribution < 1.29 is 0 Å². The Bertz CT molecular complexity index is 149. The zero-order valence-electron chi connectivity index (χ0n) is 9.88. The third-order valence-corrected chi connectivity index (χ3v) is 4.33. The molecule has 1 N–H and O–H groups in total. The second-order valence-corrected chi connectivity index (χ2v) is 6.04.